The minimum absolute atomic E-state index is 0.485. The maximum atomic E-state index is 5.78. The van der Waals surface area contributed by atoms with E-state index in [4.69, 9.17) is 11.6 Å². The largest absolute Gasteiger partial charge is 0.416 e. The van der Waals surface area contributed by atoms with E-state index in [1.54, 1.807) is 7.41 Å². The first-order valence-electron chi connectivity index (χ1n) is 3.84. The van der Waals surface area contributed by atoms with Crippen molar-refractivity contribution in [3.63, 3.8) is 0 Å². The van der Waals surface area contributed by atoms with Crippen molar-refractivity contribution < 1.29 is 0 Å². The van der Waals surface area contributed by atoms with E-state index in [0.29, 0.717) is 5.15 Å². The third-order valence-electron chi connectivity index (χ3n) is 1.49. The maximum absolute atomic E-state index is 5.78. The molecule has 0 amide bonds. The van der Waals surface area contributed by atoms with Gasteiger partial charge in [-0.3, -0.25) is 0 Å². The first kappa shape index (κ1) is 9.32. The van der Waals surface area contributed by atoms with Gasteiger partial charge in [0.25, 0.3) is 0 Å². The Bertz CT molecular complexity index is 267. The Morgan fingerprint density at radius 2 is 2.33 bits per heavy atom. The van der Waals surface area contributed by atoms with Gasteiger partial charge < -0.3 is 5.23 Å². The van der Waals surface area contributed by atoms with Gasteiger partial charge in [0.15, 0.2) is 5.15 Å². The number of nitrogens with zero attached hydrogens (tertiary/aromatic N) is 2. The molecule has 1 aromatic heterocycles. The highest BCUT2D eigenvalue weighted by Crippen LogP contribution is 2.14. The second kappa shape index (κ2) is 4.31. The van der Waals surface area contributed by atoms with Crippen LogP contribution in [0.1, 0.15) is 12.5 Å². The van der Waals surface area contributed by atoms with Crippen LogP contribution in [0.4, 0.5) is 5.82 Å². The third kappa shape index (κ3) is 2.11. The van der Waals surface area contributed by atoms with Crippen LogP contribution in [0.2, 0.25) is 12.0 Å². The monoisotopic (exact) mass is 182 g/mol. The van der Waals surface area contributed by atoms with Crippen LogP contribution in [-0.4, -0.2) is 17.6 Å². The molecular formula is C7H10BClN3. The zero-order valence-corrected chi connectivity index (χ0v) is 7.89. The van der Waals surface area contributed by atoms with Gasteiger partial charge in [-0.25, -0.2) is 0 Å². The highest BCUT2D eigenvalue weighted by molar-refractivity contribution is 6.38. The van der Waals surface area contributed by atoms with Crippen LogP contribution in [0.15, 0.2) is 6.07 Å². The van der Waals surface area contributed by atoms with Crippen LogP contribution >= 0.6 is 11.6 Å². The molecule has 0 aliphatic rings. The normalized spacial score (nSPS) is 9.58. The van der Waals surface area contributed by atoms with Gasteiger partial charge >= 0.3 is 0 Å². The summed E-state index contributed by atoms with van der Waals surface area (Å²) in [5.74, 6) is 0.735. The Hall–Kier alpha value is -0.765. The summed E-state index contributed by atoms with van der Waals surface area (Å²) >= 11 is 5.78. The molecule has 0 unspecified atom stereocenters. The summed E-state index contributed by atoms with van der Waals surface area (Å²) in [5.41, 5.74) is 1.01. The standard InChI is InChI=1S/C7H10BClN3/c1-3-5-4-6(10-8-2)11-12-7(5)9/h4H,3H2,1-2H3,(H,10,11). The number of aromatic nitrogens is 2. The van der Waals surface area contributed by atoms with Crippen LogP contribution in [0.25, 0.3) is 0 Å². The number of anilines is 1. The Morgan fingerprint density at radius 3 is 2.92 bits per heavy atom. The predicted octanol–water partition coefficient (Wildman–Crippen LogP) is 1.77. The molecule has 1 N–H and O–H groups in total. The van der Waals surface area contributed by atoms with Gasteiger partial charge in [-0.2, -0.15) is 0 Å². The van der Waals surface area contributed by atoms with E-state index in [2.05, 4.69) is 15.4 Å². The molecule has 3 nitrogen and oxygen atoms in total. The molecule has 63 valence electrons. The molecule has 0 saturated carbocycles. The van der Waals surface area contributed by atoms with Crippen molar-refractivity contribution >= 4 is 24.8 Å². The first-order chi connectivity index (χ1) is 5.77. The van der Waals surface area contributed by atoms with Gasteiger partial charge in [0.05, 0.1) is 0 Å². The second-order valence-corrected chi connectivity index (χ2v) is 2.69. The van der Waals surface area contributed by atoms with Crippen molar-refractivity contribution in [1.82, 2.24) is 10.2 Å². The molecule has 12 heavy (non-hydrogen) atoms. The molecule has 0 aliphatic carbocycles. The van der Waals surface area contributed by atoms with Crippen LogP contribution in [0.5, 0.6) is 0 Å². The highest BCUT2D eigenvalue weighted by Gasteiger charge is 2.01. The van der Waals surface area contributed by atoms with E-state index in [9.17, 15) is 0 Å². The molecule has 1 radical (unpaired) electrons. The third-order valence-corrected chi connectivity index (χ3v) is 1.81. The fraction of sp³-hybridized carbons (Fsp3) is 0.429. The number of hydrogen-bond donors (Lipinski definition) is 1. The second-order valence-electron chi connectivity index (χ2n) is 2.33. The van der Waals surface area contributed by atoms with Crippen molar-refractivity contribution in [2.24, 2.45) is 0 Å². The zero-order valence-electron chi connectivity index (χ0n) is 7.13. The molecule has 5 heteroatoms. The van der Waals surface area contributed by atoms with Crippen molar-refractivity contribution in [1.29, 1.82) is 0 Å². The lowest BCUT2D eigenvalue weighted by Gasteiger charge is -2.03. The first-order valence-corrected chi connectivity index (χ1v) is 4.22. The Kier molecular flexibility index (Phi) is 3.35. The van der Waals surface area contributed by atoms with E-state index >= 15 is 0 Å². The molecule has 1 heterocycles. The van der Waals surface area contributed by atoms with Gasteiger partial charge in [0.2, 0.25) is 7.41 Å². The summed E-state index contributed by atoms with van der Waals surface area (Å²) in [5, 5.41) is 11.1. The maximum Gasteiger partial charge on any atom is 0.241 e. The molecule has 1 aromatic rings. The van der Waals surface area contributed by atoms with Gasteiger partial charge in [-0.15, -0.1) is 10.2 Å². The van der Waals surface area contributed by atoms with Crippen LogP contribution in [0.3, 0.4) is 0 Å². The van der Waals surface area contributed by atoms with E-state index in [1.165, 1.54) is 0 Å². The Balaban J connectivity index is 2.89. The van der Waals surface area contributed by atoms with Gasteiger partial charge in [0.1, 0.15) is 5.82 Å². The lowest BCUT2D eigenvalue weighted by atomic mass is 10.0. The van der Waals surface area contributed by atoms with E-state index < -0.39 is 0 Å². The summed E-state index contributed by atoms with van der Waals surface area (Å²) in [4.78, 5) is 0. The van der Waals surface area contributed by atoms with E-state index in [0.717, 1.165) is 17.8 Å². The average Bonchev–Trinajstić information content (AvgIpc) is 2.09. The smallest absolute Gasteiger partial charge is 0.241 e. The molecule has 0 saturated heterocycles. The van der Waals surface area contributed by atoms with Crippen LogP contribution < -0.4 is 5.23 Å². The van der Waals surface area contributed by atoms with Crippen molar-refractivity contribution in [2.45, 2.75) is 20.2 Å². The van der Waals surface area contributed by atoms with E-state index in [-0.39, 0.29) is 0 Å². The lowest BCUT2D eigenvalue weighted by Crippen LogP contribution is -2.04. The molecule has 0 aliphatic heterocycles. The summed E-state index contributed by atoms with van der Waals surface area (Å²) in [6.07, 6.45) is 0.868. The fourth-order valence-corrected chi connectivity index (χ4v) is 1.11. The SMILES string of the molecule is C[B]Nc1cc(CC)c(Cl)nn1. The Labute approximate surface area is 77.8 Å². The molecule has 0 atom stereocenters. The molecule has 0 aromatic carbocycles. The van der Waals surface area contributed by atoms with Gasteiger partial charge in [-0.1, -0.05) is 25.3 Å². The Morgan fingerprint density at radius 1 is 1.58 bits per heavy atom. The molecular weight excluding hydrogens is 172 g/mol. The highest BCUT2D eigenvalue weighted by atomic mass is 35.5. The minimum atomic E-state index is 0.485. The van der Waals surface area contributed by atoms with Crippen molar-refractivity contribution in [3.8, 4) is 0 Å². The number of rotatable bonds is 3. The quantitative estimate of drug-likeness (QED) is 0.724. The van der Waals surface area contributed by atoms with Crippen molar-refractivity contribution in [3.05, 3.63) is 16.8 Å². The van der Waals surface area contributed by atoms with Gasteiger partial charge in [-0.05, 0) is 18.1 Å². The average molecular weight is 182 g/mol. The summed E-state index contributed by atoms with van der Waals surface area (Å²) in [6.45, 7) is 3.92. The zero-order chi connectivity index (χ0) is 8.97. The number of halogens is 1. The summed E-state index contributed by atoms with van der Waals surface area (Å²) < 4.78 is 0. The van der Waals surface area contributed by atoms with E-state index in [1.807, 2.05) is 19.8 Å². The summed E-state index contributed by atoms with van der Waals surface area (Å²) in [6, 6.07) is 1.90. The molecule has 0 spiro atoms. The molecule has 1 rings (SSSR count). The predicted molar refractivity (Wildman–Crippen MR) is 51.7 cm³/mol. The minimum Gasteiger partial charge on any atom is -0.416 e. The van der Waals surface area contributed by atoms with Crippen LogP contribution in [-0.2, 0) is 6.42 Å². The lowest BCUT2D eigenvalue weighted by molar-refractivity contribution is 0.992. The summed E-state index contributed by atoms with van der Waals surface area (Å²) in [7, 11) is 1.80. The van der Waals surface area contributed by atoms with Crippen LogP contribution in [0, 0.1) is 0 Å². The molecule has 0 fully saturated rings. The number of nitrogens with one attached hydrogen (secondary N) is 1. The number of hydrogen-bond acceptors (Lipinski definition) is 3. The molecule has 0 bridgehead atoms. The topological polar surface area (TPSA) is 37.8 Å². The number of aryl methyl sites for hydroxylation is 1. The fourth-order valence-electron chi connectivity index (χ4n) is 0.882. The van der Waals surface area contributed by atoms with Crippen molar-refractivity contribution in [2.75, 3.05) is 5.23 Å². The van der Waals surface area contributed by atoms with Gasteiger partial charge in [0, 0.05) is 0 Å².